The van der Waals surface area contributed by atoms with Gasteiger partial charge in [-0.3, -0.25) is 0 Å². The van der Waals surface area contributed by atoms with Gasteiger partial charge in [-0.2, -0.15) is 0 Å². The van der Waals surface area contributed by atoms with E-state index in [0.29, 0.717) is 0 Å². The Labute approximate surface area is 321 Å². The van der Waals surface area contributed by atoms with Gasteiger partial charge in [-0.1, -0.05) is 117 Å². The van der Waals surface area contributed by atoms with Crippen LogP contribution in [0.1, 0.15) is 25.0 Å². The maximum Gasteiger partial charge on any atom is 0.0541 e. The molecule has 0 fully saturated rings. The van der Waals surface area contributed by atoms with Crippen molar-refractivity contribution < 1.29 is 0 Å². The second-order valence-electron chi connectivity index (χ2n) is 15.3. The van der Waals surface area contributed by atoms with Crippen LogP contribution in [0.4, 0.5) is 0 Å². The number of aromatic nitrogens is 1. The lowest BCUT2D eigenvalue weighted by atomic mass is 9.81. The van der Waals surface area contributed by atoms with E-state index in [9.17, 15) is 0 Å². The third-order valence-electron chi connectivity index (χ3n) is 12.0. The molecule has 8 aromatic carbocycles. The number of hydrogen-bond acceptors (Lipinski definition) is 2. The Morgan fingerprint density at radius 3 is 1.78 bits per heavy atom. The molecule has 0 radical (unpaired) electrons. The molecule has 0 amide bonds. The van der Waals surface area contributed by atoms with Crippen molar-refractivity contribution in [3.8, 4) is 39.1 Å². The molecule has 0 saturated heterocycles. The fourth-order valence-corrected chi connectivity index (χ4v) is 11.7. The Morgan fingerprint density at radius 1 is 0.407 bits per heavy atom. The number of rotatable bonds is 3. The highest BCUT2D eigenvalue weighted by molar-refractivity contribution is 7.26. The maximum absolute atomic E-state index is 2.47. The van der Waals surface area contributed by atoms with Crippen molar-refractivity contribution in [1.82, 2.24) is 4.57 Å². The average molecular weight is 724 g/mol. The lowest BCUT2D eigenvalue weighted by molar-refractivity contribution is 0.661. The van der Waals surface area contributed by atoms with Crippen molar-refractivity contribution in [2.45, 2.75) is 19.3 Å². The highest BCUT2D eigenvalue weighted by Gasteiger charge is 2.37. The van der Waals surface area contributed by atoms with Crippen LogP contribution in [0.2, 0.25) is 0 Å². The molecule has 0 atom stereocenters. The normalized spacial score (nSPS) is 13.5. The van der Waals surface area contributed by atoms with E-state index >= 15 is 0 Å². The molecule has 1 aliphatic carbocycles. The molecule has 0 N–H and O–H groups in total. The van der Waals surface area contributed by atoms with Gasteiger partial charge in [-0.25, -0.2) is 0 Å². The number of fused-ring (bicyclic) bond motifs is 13. The van der Waals surface area contributed by atoms with E-state index in [1.165, 1.54) is 112 Å². The minimum Gasteiger partial charge on any atom is -0.309 e. The fraction of sp³-hybridized carbons (Fsp3) is 0.0588. The van der Waals surface area contributed by atoms with E-state index in [2.05, 4.69) is 182 Å². The van der Waals surface area contributed by atoms with Gasteiger partial charge in [0.05, 0.1) is 11.0 Å². The van der Waals surface area contributed by atoms with Gasteiger partial charge in [0.1, 0.15) is 0 Å². The van der Waals surface area contributed by atoms with E-state index < -0.39 is 0 Å². The maximum atomic E-state index is 2.47. The van der Waals surface area contributed by atoms with Crippen LogP contribution in [0.25, 0.3) is 101 Å². The van der Waals surface area contributed by atoms with Gasteiger partial charge in [0.25, 0.3) is 0 Å². The van der Waals surface area contributed by atoms with Crippen molar-refractivity contribution in [1.29, 1.82) is 0 Å². The molecule has 3 aromatic heterocycles. The Kier molecular flexibility index (Phi) is 6.22. The number of thiophene rings is 2. The Morgan fingerprint density at radius 2 is 1.02 bits per heavy atom. The zero-order valence-electron chi connectivity index (χ0n) is 29.9. The summed E-state index contributed by atoms with van der Waals surface area (Å²) in [5.74, 6) is 0. The van der Waals surface area contributed by atoms with Crippen molar-refractivity contribution in [2.24, 2.45) is 0 Å². The van der Waals surface area contributed by atoms with Crippen LogP contribution in [-0.4, -0.2) is 4.57 Å². The number of nitrogens with zero attached hydrogens (tertiary/aromatic N) is 1. The topological polar surface area (TPSA) is 4.93 Å². The van der Waals surface area contributed by atoms with E-state index in [1.54, 1.807) is 0 Å². The number of hydrogen-bond donors (Lipinski definition) is 0. The summed E-state index contributed by atoms with van der Waals surface area (Å²) in [5.41, 5.74) is 14.1. The number of benzene rings is 8. The molecule has 1 nitrogen and oxygen atoms in total. The summed E-state index contributed by atoms with van der Waals surface area (Å²) in [6.07, 6.45) is 0. The molecule has 11 aromatic rings. The molecule has 1 aliphatic rings. The largest absolute Gasteiger partial charge is 0.309 e. The van der Waals surface area contributed by atoms with E-state index in [1.807, 2.05) is 22.7 Å². The third-order valence-corrected chi connectivity index (χ3v) is 14.4. The van der Waals surface area contributed by atoms with Gasteiger partial charge in [-0.05, 0) is 99.6 Å². The minimum absolute atomic E-state index is 0.0970. The lowest BCUT2D eigenvalue weighted by Gasteiger charge is -2.22. The first-order valence-corrected chi connectivity index (χ1v) is 20.3. The van der Waals surface area contributed by atoms with Gasteiger partial charge >= 0.3 is 0 Å². The highest BCUT2D eigenvalue weighted by Crippen LogP contribution is 2.54. The van der Waals surface area contributed by atoms with Gasteiger partial charge in [-0.15, -0.1) is 22.7 Å². The Hall–Kier alpha value is -6.00. The van der Waals surface area contributed by atoms with Crippen molar-refractivity contribution in [3.63, 3.8) is 0 Å². The van der Waals surface area contributed by atoms with Crippen LogP contribution in [-0.2, 0) is 5.41 Å². The highest BCUT2D eigenvalue weighted by atomic mass is 32.1. The van der Waals surface area contributed by atoms with E-state index in [0.717, 1.165) is 0 Å². The molecule has 3 heteroatoms. The molecule has 0 aliphatic heterocycles. The zero-order valence-corrected chi connectivity index (χ0v) is 31.5. The Balaban J connectivity index is 1.06. The van der Waals surface area contributed by atoms with Gasteiger partial charge in [0.2, 0.25) is 0 Å². The van der Waals surface area contributed by atoms with Crippen LogP contribution in [0, 0.1) is 0 Å². The van der Waals surface area contributed by atoms with Crippen molar-refractivity contribution >= 4 is 84.8 Å². The van der Waals surface area contributed by atoms with E-state index in [4.69, 9.17) is 0 Å². The SMILES string of the molecule is CC1(C)c2cc(-c3ccc4c(c3)c3cc(-c5ccccc5)ccc3n4-c3ccc4sc5ccccc5c4c3)ccc2-c2c1ccc1c2sc2ccccc21. The van der Waals surface area contributed by atoms with Gasteiger partial charge in [0.15, 0.2) is 0 Å². The fourth-order valence-electron chi connectivity index (χ4n) is 9.33. The second kappa shape index (κ2) is 11.0. The predicted octanol–water partition coefficient (Wildman–Crippen LogP) is 15.2. The summed E-state index contributed by atoms with van der Waals surface area (Å²) >= 11 is 3.80. The van der Waals surface area contributed by atoms with Crippen LogP contribution in [0.5, 0.6) is 0 Å². The second-order valence-corrected chi connectivity index (χ2v) is 17.4. The average Bonchev–Trinajstić information content (AvgIpc) is 3.94. The van der Waals surface area contributed by atoms with Crippen molar-refractivity contribution in [2.75, 3.05) is 0 Å². The first-order chi connectivity index (χ1) is 26.5. The quantitative estimate of drug-likeness (QED) is 0.171. The predicted molar refractivity (Wildman–Crippen MR) is 235 cm³/mol. The molecule has 12 rings (SSSR count). The molecule has 0 bridgehead atoms. The molecule has 0 unspecified atom stereocenters. The monoisotopic (exact) mass is 723 g/mol. The molecule has 3 heterocycles. The summed E-state index contributed by atoms with van der Waals surface area (Å²) in [6, 6.07) is 61.4. The van der Waals surface area contributed by atoms with Gasteiger partial charge in [0, 0.05) is 67.8 Å². The molecule has 0 saturated carbocycles. The molecule has 54 heavy (non-hydrogen) atoms. The Bertz CT molecular complexity index is 3350. The standard InChI is InChI=1S/C51H33NS2/c1-51(2)42-22-21-37-35-12-6-9-15-47(35)54-50(37)49(42)38-20-16-33(28-43(38)51)32-18-24-45-40(27-32)39-26-31(30-10-4-3-5-11-30)17-23-44(39)52(45)34-19-25-48-41(29-34)36-13-7-8-14-46(36)53-48/h3-29H,1-2H3. The molecule has 254 valence electrons. The summed E-state index contributed by atoms with van der Waals surface area (Å²) in [5, 5.41) is 7.90. The first-order valence-electron chi connectivity index (χ1n) is 18.7. The lowest BCUT2D eigenvalue weighted by Crippen LogP contribution is -2.14. The smallest absolute Gasteiger partial charge is 0.0541 e. The molecule has 0 spiro atoms. The molecular formula is C51H33NS2. The van der Waals surface area contributed by atoms with Crippen LogP contribution in [0.15, 0.2) is 164 Å². The summed E-state index contributed by atoms with van der Waals surface area (Å²) in [4.78, 5) is 0. The third kappa shape index (κ3) is 4.20. The molecular weight excluding hydrogens is 691 g/mol. The first kappa shape index (κ1) is 30.5. The van der Waals surface area contributed by atoms with Crippen molar-refractivity contribution in [3.05, 3.63) is 175 Å². The minimum atomic E-state index is -0.0970. The van der Waals surface area contributed by atoms with Crippen LogP contribution < -0.4 is 0 Å². The summed E-state index contributed by atoms with van der Waals surface area (Å²) in [7, 11) is 0. The zero-order chi connectivity index (χ0) is 35.7. The van der Waals surface area contributed by atoms with E-state index in [-0.39, 0.29) is 5.41 Å². The van der Waals surface area contributed by atoms with Crippen LogP contribution in [0.3, 0.4) is 0 Å². The summed E-state index contributed by atoms with van der Waals surface area (Å²) in [6.45, 7) is 4.80. The van der Waals surface area contributed by atoms with Gasteiger partial charge < -0.3 is 4.57 Å². The summed E-state index contributed by atoms with van der Waals surface area (Å²) < 4.78 is 7.89. The van der Waals surface area contributed by atoms with Crippen LogP contribution >= 0.6 is 22.7 Å².